The summed E-state index contributed by atoms with van der Waals surface area (Å²) in [6.07, 6.45) is -2.36. The van der Waals surface area contributed by atoms with Crippen LogP contribution in [0.3, 0.4) is 0 Å². The van der Waals surface area contributed by atoms with Gasteiger partial charge in [-0.05, 0) is 54.7 Å². The van der Waals surface area contributed by atoms with E-state index in [0.29, 0.717) is 24.2 Å². The summed E-state index contributed by atoms with van der Waals surface area (Å²) in [5.41, 5.74) is 0.608. The summed E-state index contributed by atoms with van der Waals surface area (Å²) in [6, 6.07) is 10.9. The van der Waals surface area contributed by atoms with Crippen molar-refractivity contribution in [2.45, 2.75) is 51.8 Å². The molecule has 0 spiro atoms. The van der Waals surface area contributed by atoms with Crippen molar-refractivity contribution < 1.29 is 22.7 Å². The highest BCUT2D eigenvalue weighted by molar-refractivity contribution is 5.89. The van der Waals surface area contributed by atoms with Crippen LogP contribution in [0.15, 0.2) is 36.4 Å². The Balaban J connectivity index is 0.00000109. The minimum Gasteiger partial charge on any atom is -0.490 e. The van der Waals surface area contributed by atoms with E-state index in [1.54, 1.807) is 18.2 Å². The molecule has 0 amide bonds. The molecule has 0 unspecified atom stereocenters. The number of ether oxygens (including phenoxy) is 1. The standard InChI is InChI=1S/C18H17F3O2.C2H6/c19-18(20,21)15-4-7-16(8-5-15)23-17-6-3-13-9-12(11-22)1-2-14(13)10-17;1-2/h1-3,6,9-11,15-16H,4-5,7-8H2;1-2H3. The number of carbonyl (C=O) groups is 1. The monoisotopic (exact) mass is 352 g/mol. The number of rotatable bonds is 3. The summed E-state index contributed by atoms with van der Waals surface area (Å²) in [4.78, 5) is 10.8. The highest BCUT2D eigenvalue weighted by Gasteiger charge is 2.41. The lowest BCUT2D eigenvalue weighted by Crippen LogP contribution is -2.31. The molecule has 5 heteroatoms. The largest absolute Gasteiger partial charge is 0.490 e. The zero-order valence-electron chi connectivity index (χ0n) is 14.5. The van der Waals surface area contributed by atoms with E-state index in [2.05, 4.69) is 0 Å². The Hall–Kier alpha value is -2.04. The minimum absolute atomic E-state index is 0.129. The Labute approximate surface area is 146 Å². The second kappa shape index (κ2) is 8.37. The molecule has 0 bridgehead atoms. The average molecular weight is 352 g/mol. The highest BCUT2D eigenvalue weighted by Crippen LogP contribution is 2.38. The first-order valence-electron chi connectivity index (χ1n) is 8.68. The third kappa shape index (κ3) is 4.97. The Morgan fingerprint density at radius 3 is 2.16 bits per heavy atom. The van der Waals surface area contributed by atoms with Gasteiger partial charge in [0.1, 0.15) is 12.0 Å². The first kappa shape index (κ1) is 19.3. The van der Waals surface area contributed by atoms with Crippen LogP contribution >= 0.6 is 0 Å². The molecular weight excluding hydrogens is 329 g/mol. The zero-order valence-corrected chi connectivity index (χ0v) is 14.5. The maximum atomic E-state index is 12.7. The molecule has 0 saturated heterocycles. The molecule has 0 aromatic heterocycles. The van der Waals surface area contributed by atoms with Crippen molar-refractivity contribution in [1.29, 1.82) is 0 Å². The molecule has 1 saturated carbocycles. The maximum Gasteiger partial charge on any atom is 0.391 e. The van der Waals surface area contributed by atoms with Gasteiger partial charge >= 0.3 is 6.18 Å². The number of carbonyl (C=O) groups excluding carboxylic acids is 1. The molecule has 0 radical (unpaired) electrons. The molecule has 0 N–H and O–H groups in total. The predicted octanol–water partition coefficient (Wildman–Crippen LogP) is 6.18. The summed E-state index contributed by atoms with van der Waals surface area (Å²) in [5, 5.41) is 1.87. The van der Waals surface area contributed by atoms with E-state index in [0.717, 1.165) is 17.1 Å². The van der Waals surface area contributed by atoms with Crippen LogP contribution in [0.25, 0.3) is 10.8 Å². The average Bonchev–Trinajstić information content (AvgIpc) is 2.62. The summed E-state index contributed by atoms with van der Waals surface area (Å²) < 4.78 is 43.8. The molecule has 0 aliphatic heterocycles. The third-order valence-corrected chi connectivity index (χ3v) is 4.41. The van der Waals surface area contributed by atoms with E-state index in [9.17, 15) is 18.0 Å². The van der Waals surface area contributed by atoms with Crippen molar-refractivity contribution in [3.63, 3.8) is 0 Å². The van der Waals surface area contributed by atoms with E-state index < -0.39 is 12.1 Å². The van der Waals surface area contributed by atoms with E-state index in [4.69, 9.17) is 4.74 Å². The highest BCUT2D eigenvalue weighted by atomic mass is 19.4. The van der Waals surface area contributed by atoms with Crippen LogP contribution in [0.2, 0.25) is 0 Å². The molecule has 0 atom stereocenters. The third-order valence-electron chi connectivity index (χ3n) is 4.41. The van der Waals surface area contributed by atoms with Gasteiger partial charge in [0.05, 0.1) is 12.0 Å². The van der Waals surface area contributed by atoms with E-state index in [1.165, 1.54) is 0 Å². The zero-order chi connectivity index (χ0) is 18.4. The van der Waals surface area contributed by atoms with Gasteiger partial charge in [0, 0.05) is 5.56 Å². The normalized spacial score (nSPS) is 20.5. The van der Waals surface area contributed by atoms with Gasteiger partial charge in [0.25, 0.3) is 0 Å². The summed E-state index contributed by atoms with van der Waals surface area (Å²) in [7, 11) is 0. The van der Waals surface area contributed by atoms with Crippen LogP contribution in [0.4, 0.5) is 13.2 Å². The summed E-state index contributed by atoms with van der Waals surface area (Å²) >= 11 is 0. The molecule has 2 aromatic carbocycles. The van der Waals surface area contributed by atoms with Crippen LogP contribution in [-0.4, -0.2) is 18.6 Å². The smallest absolute Gasteiger partial charge is 0.391 e. The van der Waals surface area contributed by atoms with Crippen LogP contribution in [0.5, 0.6) is 5.75 Å². The van der Waals surface area contributed by atoms with Gasteiger partial charge in [0.2, 0.25) is 0 Å². The Bertz CT molecular complexity index is 702. The number of benzene rings is 2. The number of alkyl halides is 3. The number of halogens is 3. The van der Waals surface area contributed by atoms with Crippen LogP contribution in [0, 0.1) is 5.92 Å². The van der Waals surface area contributed by atoms with E-state index >= 15 is 0 Å². The molecule has 0 heterocycles. The van der Waals surface area contributed by atoms with Gasteiger partial charge in [-0.25, -0.2) is 0 Å². The Kier molecular flexibility index (Phi) is 6.45. The van der Waals surface area contributed by atoms with Crippen molar-refractivity contribution in [3.05, 3.63) is 42.0 Å². The fourth-order valence-corrected chi connectivity index (χ4v) is 3.09. The fourth-order valence-electron chi connectivity index (χ4n) is 3.09. The van der Waals surface area contributed by atoms with Crippen molar-refractivity contribution in [2.75, 3.05) is 0 Å². The molecule has 25 heavy (non-hydrogen) atoms. The summed E-state index contributed by atoms with van der Waals surface area (Å²) in [6.45, 7) is 4.00. The van der Waals surface area contributed by atoms with Gasteiger partial charge in [-0.2, -0.15) is 13.2 Å². The number of fused-ring (bicyclic) bond motifs is 1. The van der Waals surface area contributed by atoms with Gasteiger partial charge < -0.3 is 4.74 Å². The molecule has 2 nitrogen and oxygen atoms in total. The second-order valence-corrected chi connectivity index (χ2v) is 6.02. The number of aldehydes is 1. The Morgan fingerprint density at radius 1 is 0.960 bits per heavy atom. The first-order chi connectivity index (χ1) is 12.0. The van der Waals surface area contributed by atoms with E-state index in [-0.39, 0.29) is 18.9 Å². The van der Waals surface area contributed by atoms with Crippen LogP contribution in [-0.2, 0) is 0 Å². The van der Waals surface area contributed by atoms with Crippen molar-refractivity contribution >= 4 is 17.1 Å². The molecular formula is C20H23F3O2. The van der Waals surface area contributed by atoms with Gasteiger partial charge in [-0.15, -0.1) is 0 Å². The number of hydrogen-bond acceptors (Lipinski definition) is 2. The van der Waals surface area contributed by atoms with Crippen molar-refractivity contribution in [2.24, 2.45) is 5.92 Å². The van der Waals surface area contributed by atoms with E-state index in [1.807, 2.05) is 32.0 Å². The predicted molar refractivity (Wildman–Crippen MR) is 93.1 cm³/mol. The molecule has 1 aliphatic rings. The van der Waals surface area contributed by atoms with Crippen LogP contribution in [0.1, 0.15) is 49.9 Å². The molecule has 1 fully saturated rings. The quantitative estimate of drug-likeness (QED) is 0.617. The lowest BCUT2D eigenvalue weighted by molar-refractivity contribution is -0.185. The molecule has 1 aliphatic carbocycles. The maximum absolute atomic E-state index is 12.7. The van der Waals surface area contributed by atoms with Crippen molar-refractivity contribution in [3.8, 4) is 5.75 Å². The fraction of sp³-hybridized carbons (Fsp3) is 0.450. The van der Waals surface area contributed by atoms with Gasteiger partial charge in [0.15, 0.2) is 0 Å². The molecule has 3 rings (SSSR count). The Morgan fingerprint density at radius 2 is 1.56 bits per heavy atom. The second-order valence-electron chi connectivity index (χ2n) is 6.02. The van der Waals surface area contributed by atoms with Gasteiger partial charge in [-0.3, -0.25) is 4.79 Å². The molecule has 2 aromatic rings. The lowest BCUT2D eigenvalue weighted by Gasteiger charge is -2.30. The van der Waals surface area contributed by atoms with Gasteiger partial charge in [-0.1, -0.05) is 32.0 Å². The van der Waals surface area contributed by atoms with Crippen molar-refractivity contribution in [1.82, 2.24) is 0 Å². The molecule has 136 valence electrons. The minimum atomic E-state index is -4.09. The lowest BCUT2D eigenvalue weighted by atomic mass is 9.87. The van der Waals surface area contributed by atoms with Crippen LogP contribution < -0.4 is 4.74 Å². The topological polar surface area (TPSA) is 26.3 Å². The number of hydrogen-bond donors (Lipinski definition) is 0. The first-order valence-corrected chi connectivity index (χ1v) is 8.68. The summed E-state index contributed by atoms with van der Waals surface area (Å²) in [5.74, 6) is -0.535. The SMILES string of the molecule is CC.O=Cc1ccc2cc(OC3CCC(C(F)(F)F)CC3)ccc2c1.